The van der Waals surface area contributed by atoms with Gasteiger partial charge in [-0.2, -0.15) is 0 Å². The molecule has 0 spiro atoms. The van der Waals surface area contributed by atoms with Crippen LogP contribution < -0.4 is 5.73 Å². The zero-order chi connectivity index (χ0) is 17.8. The van der Waals surface area contributed by atoms with Crippen molar-refractivity contribution in [1.29, 1.82) is 0 Å². The van der Waals surface area contributed by atoms with Gasteiger partial charge in [0.1, 0.15) is 5.75 Å². The molecule has 130 valence electrons. The standard InChI is InChI=1S/C19H21N3O3/c20-13-14-4-6-15(7-5-14)18(24)21-8-10-22(11-9-21)19(25)16-2-1-3-17(23)12-16/h1-7,12,23H,8-11,13,20H2. The molecule has 0 bridgehead atoms. The highest BCUT2D eigenvalue weighted by Gasteiger charge is 2.25. The number of carbonyl (C=O) groups is 2. The van der Waals surface area contributed by atoms with Crippen molar-refractivity contribution < 1.29 is 14.7 Å². The van der Waals surface area contributed by atoms with Crippen molar-refractivity contribution in [2.45, 2.75) is 6.54 Å². The van der Waals surface area contributed by atoms with Crippen LogP contribution in [0.15, 0.2) is 48.5 Å². The summed E-state index contributed by atoms with van der Waals surface area (Å²) in [5.74, 6) is -0.0936. The topological polar surface area (TPSA) is 86.9 Å². The molecule has 0 atom stereocenters. The monoisotopic (exact) mass is 339 g/mol. The zero-order valence-corrected chi connectivity index (χ0v) is 13.9. The fourth-order valence-electron chi connectivity index (χ4n) is 2.90. The van der Waals surface area contributed by atoms with Crippen LogP contribution in [0.3, 0.4) is 0 Å². The summed E-state index contributed by atoms with van der Waals surface area (Å²) in [6.45, 7) is 2.37. The zero-order valence-electron chi connectivity index (χ0n) is 13.9. The number of nitrogens with zero attached hydrogens (tertiary/aromatic N) is 2. The minimum absolute atomic E-state index is 0.0342. The highest BCUT2D eigenvalue weighted by molar-refractivity contribution is 5.96. The van der Waals surface area contributed by atoms with Crippen LogP contribution in [0.1, 0.15) is 26.3 Å². The van der Waals surface area contributed by atoms with E-state index in [9.17, 15) is 14.7 Å². The predicted molar refractivity (Wildman–Crippen MR) is 94.2 cm³/mol. The average Bonchev–Trinajstić information content (AvgIpc) is 2.67. The van der Waals surface area contributed by atoms with E-state index in [0.717, 1.165) is 5.56 Å². The molecule has 1 saturated heterocycles. The van der Waals surface area contributed by atoms with Crippen molar-refractivity contribution in [1.82, 2.24) is 9.80 Å². The largest absolute Gasteiger partial charge is 0.508 e. The quantitative estimate of drug-likeness (QED) is 0.886. The van der Waals surface area contributed by atoms with E-state index in [1.165, 1.54) is 12.1 Å². The lowest BCUT2D eigenvalue weighted by molar-refractivity contribution is 0.0535. The molecule has 6 nitrogen and oxygen atoms in total. The molecular weight excluding hydrogens is 318 g/mol. The molecule has 0 aromatic heterocycles. The van der Waals surface area contributed by atoms with Gasteiger partial charge in [-0.25, -0.2) is 0 Å². The molecule has 0 radical (unpaired) electrons. The van der Waals surface area contributed by atoms with E-state index in [1.54, 1.807) is 34.1 Å². The Balaban J connectivity index is 1.61. The third kappa shape index (κ3) is 3.80. The Morgan fingerprint density at radius 2 is 1.44 bits per heavy atom. The highest BCUT2D eigenvalue weighted by atomic mass is 16.3. The second-order valence-corrected chi connectivity index (χ2v) is 6.04. The van der Waals surface area contributed by atoms with E-state index in [0.29, 0.717) is 43.9 Å². The van der Waals surface area contributed by atoms with Gasteiger partial charge in [0.05, 0.1) is 0 Å². The lowest BCUT2D eigenvalue weighted by Crippen LogP contribution is -2.50. The summed E-state index contributed by atoms with van der Waals surface area (Å²) in [5.41, 5.74) is 7.64. The van der Waals surface area contributed by atoms with Crippen LogP contribution in [-0.2, 0) is 6.54 Å². The highest BCUT2D eigenvalue weighted by Crippen LogP contribution is 2.15. The Morgan fingerprint density at radius 1 is 0.880 bits per heavy atom. The number of hydrogen-bond donors (Lipinski definition) is 2. The summed E-state index contributed by atoms with van der Waals surface area (Å²) in [4.78, 5) is 28.5. The molecule has 1 aliphatic heterocycles. The summed E-state index contributed by atoms with van der Waals surface area (Å²) in [5, 5.41) is 9.51. The molecule has 2 aromatic carbocycles. The maximum atomic E-state index is 12.5. The second kappa shape index (κ2) is 7.36. The van der Waals surface area contributed by atoms with E-state index < -0.39 is 0 Å². The van der Waals surface area contributed by atoms with Gasteiger partial charge in [-0.15, -0.1) is 0 Å². The maximum absolute atomic E-state index is 12.5. The first-order chi connectivity index (χ1) is 12.1. The fourth-order valence-corrected chi connectivity index (χ4v) is 2.90. The molecule has 3 N–H and O–H groups in total. The lowest BCUT2D eigenvalue weighted by atomic mass is 10.1. The van der Waals surface area contributed by atoms with Crippen LogP contribution in [0.4, 0.5) is 0 Å². The number of aromatic hydroxyl groups is 1. The van der Waals surface area contributed by atoms with Crippen molar-refractivity contribution in [3.05, 3.63) is 65.2 Å². The first kappa shape index (κ1) is 17.0. The second-order valence-electron chi connectivity index (χ2n) is 6.04. The molecule has 1 heterocycles. The van der Waals surface area contributed by atoms with Gasteiger partial charge in [0.25, 0.3) is 11.8 Å². The smallest absolute Gasteiger partial charge is 0.254 e. The number of carbonyl (C=O) groups excluding carboxylic acids is 2. The van der Waals surface area contributed by atoms with Crippen molar-refractivity contribution >= 4 is 11.8 Å². The minimum Gasteiger partial charge on any atom is -0.508 e. The molecule has 3 rings (SSSR count). The van der Waals surface area contributed by atoms with E-state index in [4.69, 9.17) is 5.73 Å². The lowest BCUT2D eigenvalue weighted by Gasteiger charge is -2.35. The third-order valence-corrected chi connectivity index (χ3v) is 4.38. The third-order valence-electron chi connectivity index (χ3n) is 4.38. The van der Waals surface area contributed by atoms with Crippen LogP contribution in [-0.4, -0.2) is 52.9 Å². The van der Waals surface area contributed by atoms with Crippen molar-refractivity contribution in [2.24, 2.45) is 5.73 Å². The Labute approximate surface area is 146 Å². The molecule has 0 aliphatic carbocycles. The van der Waals surface area contributed by atoms with Gasteiger partial charge in [-0.1, -0.05) is 18.2 Å². The van der Waals surface area contributed by atoms with Gasteiger partial charge in [0.2, 0.25) is 0 Å². The van der Waals surface area contributed by atoms with Crippen LogP contribution in [0.5, 0.6) is 5.75 Å². The number of piperazine rings is 1. The molecule has 1 aliphatic rings. The van der Waals surface area contributed by atoms with Crippen LogP contribution in [0.2, 0.25) is 0 Å². The SMILES string of the molecule is NCc1ccc(C(=O)N2CCN(C(=O)c3cccc(O)c3)CC2)cc1. The Kier molecular flexibility index (Phi) is 5.00. The molecular formula is C19H21N3O3. The van der Waals surface area contributed by atoms with Crippen molar-refractivity contribution in [2.75, 3.05) is 26.2 Å². The molecule has 0 saturated carbocycles. The van der Waals surface area contributed by atoms with Crippen molar-refractivity contribution in [3.63, 3.8) is 0 Å². The van der Waals surface area contributed by atoms with E-state index in [2.05, 4.69) is 0 Å². The number of rotatable bonds is 3. The van der Waals surface area contributed by atoms with Gasteiger partial charge in [-0.3, -0.25) is 9.59 Å². The number of amides is 2. The van der Waals surface area contributed by atoms with Gasteiger partial charge >= 0.3 is 0 Å². The molecule has 2 aromatic rings. The maximum Gasteiger partial charge on any atom is 0.254 e. The van der Waals surface area contributed by atoms with E-state index in [-0.39, 0.29) is 17.6 Å². The van der Waals surface area contributed by atoms with E-state index in [1.807, 2.05) is 12.1 Å². The number of phenols is 1. The summed E-state index contributed by atoms with van der Waals surface area (Å²) >= 11 is 0. The Bertz CT molecular complexity index is 766. The van der Waals surface area contributed by atoms with Gasteiger partial charge in [0, 0.05) is 43.9 Å². The molecule has 25 heavy (non-hydrogen) atoms. The van der Waals surface area contributed by atoms with Crippen LogP contribution in [0, 0.1) is 0 Å². The summed E-state index contributed by atoms with van der Waals surface area (Å²) < 4.78 is 0. The summed E-state index contributed by atoms with van der Waals surface area (Å²) in [7, 11) is 0. The average molecular weight is 339 g/mol. The van der Waals surface area contributed by atoms with E-state index >= 15 is 0 Å². The molecule has 6 heteroatoms. The first-order valence-corrected chi connectivity index (χ1v) is 8.25. The summed E-state index contributed by atoms with van der Waals surface area (Å²) in [6.07, 6.45) is 0. The minimum atomic E-state index is -0.129. The van der Waals surface area contributed by atoms with Gasteiger partial charge in [0.15, 0.2) is 0 Å². The summed E-state index contributed by atoms with van der Waals surface area (Å²) in [6, 6.07) is 13.6. The van der Waals surface area contributed by atoms with Gasteiger partial charge < -0.3 is 20.6 Å². The number of benzene rings is 2. The first-order valence-electron chi connectivity index (χ1n) is 8.25. The fraction of sp³-hybridized carbons (Fsp3) is 0.263. The number of nitrogens with two attached hydrogens (primary N) is 1. The Morgan fingerprint density at radius 3 is 1.96 bits per heavy atom. The number of hydrogen-bond acceptors (Lipinski definition) is 4. The predicted octanol–water partition coefficient (Wildman–Crippen LogP) is 1.45. The molecule has 1 fully saturated rings. The normalized spacial score (nSPS) is 14.4. The van der Waals surface area contributed by atoms with Gasteiger partial charge in [-0.05, 0) is 35.9 Å². The Hall–Kier alpha value is -2.86. The van der Waals surface area contributed by atoms with Crippen LogP contribution in [0.25, 0.3) is 0 Å². The molecule has 2 amide bonds. The van der Waals surface area contributed by atoms with Crippen molar-refractivity contribution in [3.8, 4) is 5.75 Å². The number of phenolic OH excluding ortho intramolecular Hbond substituents is 1. The molecule has 0 unspecified atom stereocenters. The van der Waals surface area contributed by atoms with Crippen LogP contribution >= 0.6 is 0 Å².